The summed E-state index contributed by atoms with van der Waals surface area (Å²) in [6, 6.07) is 6.76. The first-order valence-electron chi connectivity index (χ1n) is 5.55. The predicted octanol–water partition coefficient (Wildman–Crippen LogP) is 3.21. The monoisotopic (exact) mass is 265 g/mol. The Morgan fingerprint density at radius 3 is 2.83 bits per heavy atom. The highest BCUT2D eigenvalue weighted by Crippen LogP contribution is 2.20. The minimum atomic E-state index is -0.407. The summed E-state index contributed by atoms with van der Waals surface area (Å²) in [5.74, 6) is 0.885. The topological polar surface area (TPSA) is 37.8 Å². The molecule has 2 aromatic rings. The molecule has 0 bridgehead atoms. The van der Waals surface area contributed by atoms with Gasteiger partial charge in [-0.1, -0.05) is 23.7 Å². The molecular formula is C13H13ClFN3. The van der Waals surface area contributed by atoms with Gasteiger partial charge in [0.1, 0.15) is 17.5 Å². The van der Waals surface area contributed by atoms with E-state index in [9.17, 15) is 4.39 Å². The molecule has 0 atom stereocenters. The third-order valence-electron chi connectivity index (χ3n) is 2.54. The maximum atomic E-state index is 13.8. The lowest BCUT2D eigenvalue weighted by molar-refractivity contribution is 0.612. The van der Waals surface area contributed by atoms with Crippen LogP contribution < -0.4 is 5.32 Å². The molecule has 94 valence electrons. The molecule has 0 amide bonds. The van der Waals surface area contributed by atoms with Gasteiger partial charge in [0.2, 0.25) is 0 Å². The van der Waals surface area contributed by atoms with Crippen molar-refractivity contribution in [3.05, 3.63) is 52.2 Å². The maximum absolute atomic E-state index is 13.8. The SMILES string of the molecule is CNc1cc(C)nc(Cc2cccc(Cl)c2F)n1. The summed E-state index contributed by atoms with van der Waals surface area (Å²) >= 11 is 5.74. The zero-order chi connectivity index (χ0) is 13.1. The maximum Gasteiger partial charge on any atom is 0.145 e. The van der Waals surface area contributed by atoms with Crippen LogP contribution in [0.2, 0.25) is 5.02 Å². The molecule has 0 fully saturated rings. The van der Waals surface area contributed by atoms with Gasteiger partial charge in [0.25, 0.3) is 0 Å². The van der Waals surface area contributed by atoms with Crippen molar-refractivity contribution in [2.75, 3.05) is 12.4 Å². The molecule has 0 aliphatic carbocycles. The molecule has 0 radical (unpaired) electrons. The standard InChI is InChI=1S/C13H13ClFN3/c1-8-6-11(16-2)18-12(17-8)7-9-4-3-5-10(14)13(9)15/h3-6H,7H2,1-2H3,(H,16,17,18). The van der Waals surface area contributed by atoms with E-state index >= 15 is 0 Å². The highest BCUT2D eigenvalue weighted by atomic mass is 35.5. The second-order valence-electron chi connectivity index (χ2n) is 3.95. The van der Waals surface area contributed by atoms with Gasteiger partial charge in [-0.3, -0.25) is 0 Å². The van der Waals surface area contributed by atoms with E-state index in [2.05, 4.69) is 15.3 Å². The van der Waals surface area contributed by atoms with Crippen LogP contribution in [0.4, 0.5) is 10.2 Å². The lowest BCUT2D eigenvalue weighted by atomic mass is 10.1. The van der Waals surface area contributed by atoms with E-state index in [4.69, 9.17) is 11.6 Å². The molecule has 1 heterocycles. The molecule has 0 aliphatic rings. The summed E-state index contributed by atoms with van der Waals surface area (Å²) in [4.78, 5) is 8.57. The van der Waals surface area contributed by atoms with Crippen LogP contribution in [0.25, 0.3) is 0 Å². The van der Waals surface area contributed by atoms with Gasteiger partial charge in [-0.25, -0.2) is 14.4 Å². The molecular weight excluding hydrogens is 253 g/mol. The van der Waals surface area contributed by atoms with E-state index < -0.39 is 5.82 Å². The van der Waals surface area contributed by atoms with Crippen LogP contribution in [0.3, 0.4) is 0 Å². The summed E-state index contributed by atoms with van der Waals surface area (Å²) in [7, 11) is 1.78. The molecule has 1 aromatic heterocycles. The smallest absolute Gasteiger partial charge is 0.145 e. The molecule has 18 heavy (non-hydrogen) atoms. The zero-order valence-corrected chi connectivity index (χ0v) is 10.9. The average Bonchev–Trinajstić information content (AvgIpc) is 2.34. The molecule has 2 rings (SSSR count). The quantitative estimate of drug-likeness (QED) is 0.926. The lowest BCUT2D eigenvalue weighted by Gasteiger charge is -2.07. The number of benzene rings is 1. The minimum absolute atomic E-state index is 0.119. The van der Waals surface area contributed by atoms with Gasteiger partial charge < -0.3 is 5.32 Å². The summed E-state index contributed by atoms with van der Waals surface area (Å²) in [5, 5.41) is 3.07. The van der Waals surface area contributed by atoms with Crippen LogP contribution in [0.1, 0.15) is 17.1 Å². The first-order chi connectivity index (χ1) is 8.60. The van der Waals surface area contributed by atoms with Gasteiger partial charge >= 0.3 is 0 Å². The number of nitrogens with zero attached hydrogens (tertiary/aromatic N) is 2. The molecule has 3 nitrogen and oxygen atoms in total. The third-order valence-corrected chi connectivity index (χ3v) is 2.83. The van der Waals surface area contributed by atoms with E-state index in [0.717, 1.165) is 11.5 Å². The first-order valence-corrected chi connectivity index (χ1v) is 5.93. The number of aromatic nitrogens is 2. The number of nitrogens with one attached hydrogen (secondary N) is 1. The summed E-state index contributed by atoms with van der Waals surface area (Å²) in [6.45, 7) is 1.88. The van der Waals surface area contributed by atoms with Crippen LogP contribution in [0.15, 0.2) is 24.3 Å². The van der Waals surface area contributed by atoms with Gasteiger partial charge in [0, 0.05) is 25.2 Å². The second-order valence-corrected chi connectivity index (χ2v) is 4.36. The molecule has 1 N–H and O–H groups in total. The normalized spacial score (nSPS) is 10.4. The van der Waals surface area contributed by atoms with Gasteiger partial charge in [0.05, 0.1) is 5.02 Å². The van der Waals surface area contributed by atoms with Gasteiger partial charge in [-0.2, -0.15) is 0 Å². The first kappa shape index (κ1) is 12.8. The molecule has 1 aromatic carbocycles. The Morgan fingerprint density at radius 2 is 2.11 bits per heavy atom. The van der Waals surface area contributed by atoms with Crippen LogP contribution in [-0.2, 0) is 6.42 Å². The second kappa shape index (κ2) is 5.31. The van der Waals surface area contributed by atoms with Crippen molar-refractivity contribution in [3.63, 3.8) is 0 Å². The highest BCUT2D eigenvalue weighted by Gasteiger charge is 2.09. The fourth-order valence-corrected chi connectivity index (χ4v) is 1.89. The van der Waals surface area contributed by atoms with Crippen molar-refractivity contribution >= 4 is 17.4 Å². The Morgan fingerprint density at radius 1 is 1.33 bits per heavy atom. The number of hydrogen-bond acceptors (Lipinski definition) is 3. The zero-order valence-electron chi connectivity index (χ0n) is 10.2. The number of aryl methyl sites for hydroxylation is 1. The Labute approximate surface area is 110 Å². The molecule has 0 saturated carbocycles. The van der Waals surface area contributed by atoms with Crippen molar-refractivity contribution in [2.24, 2.45) is 0 Å². The van der Waals surface area contributed by atoms with Crippen LogP contribution in [-0.4, -0.2) is 17.0 Å². The fraction of sp³-hybridized carbons (Fsp3) is 0.231. The van der Waals surface area contributed by atoms with Crippen molar-refractivity contribution in [1.29, 1.82) is 0 Å². The summed E-state index contributed by atoms with van der Waals surface area (Å²) in [5.41, 5.74) is 1.34. The van der Waals surface area contributed by atoms with Crippen molar-refractivity contribution < 1.29 is 4.39 Å². The van der Waals surface area contributed by atoms with Crippen molar-refractivity contribution in [3.8, 4) is 0 Å². The number of hydrogen-bond donors (Lipinski definition) is 1. The highest BCUT2D eigenvalue weighted by molar-refractivity contribution is 6.30. The summed E-state index contributed by atoms with van der Waals surface area (Å²) in [6.07, 6.45) is 0.322. The Balaban J connectivity index is 2.34. The van der Waals surface area contributed by atoms with E-state index in [-0.39, 0.29) is 5.02 Å². The predicted molar refractivity (Wildman–Crippen MR) is 70.5 cm³/mol. The number of halogens is 2. The number of rotatable bonds is 3. The van der Waals surface area contributed by atoms with E-state index in [1.165, 1.54) is 6.07 Å². The van der Waals surface area contributed by atoms with Crippen LogP contribution in [0.5, 0.6) is 0 Å². The summed E-state index contributed by atoms with van der Waals surface area (Å²) < 4.78 is 13.8. The molecule has 0 aliphatic heterocycles. The number of anilines is 1. The van der Waals surface area contributed by atoms with Gasteiger partial charge in [-0.15, -0.1) is 0 Å². The Bertz CT molecular complexity index is 572. The van der Waals surface area contributed by atoms with E-state index in [1.54, 1.807) is 19.2 Å². The van der Waals surface area contributed by atoms with Crippen molar-refractivity contribution in [2.45, 2.75) is 13.3 Å². The van der Waals surface area contributed by atoms with E-state index in [0.29, 0.717) is 17.8 Å². The van der Waals surface area contributed by atoms with Crippen molar-refractivity contribution in [1.82, 2.24) is 9.97 Å². The molecule has 0 spiro atoms. The van der Waals surface area contributed by atoms with Crippen LogP contribution in [0, 0.1) is 12.7 Å². The fourth-order valence-electron chi connectivity index (χ4n) is 1.69. The minimum Gasteiger partial charge on any atom is -0.373 e. The third kappa shape index (κ3) is 2.76. The lowest BCUT2D eigenvalue weighted by Crippen LogP contribution is -2.03. The Kier molecular flexibility index (Phi) is 3.77. The Hall–Kier alpha value is -1.68. The molecule has 5 heteroatoms. The van der Waals surface area contributed by atoms with Gasteiger partial charge in [-0.05, 0) is 18.6 Å². The molecule has 0 unspecified atom stereocenters. The average molecular weight is 266 g/mol. The van der Waals surface area contributed by atoms with Gasteiger partial charge in [0.15, 0.2) is 0 Å². The largest absolute Gasteiger partial charge is 0.373 e. The molecule has 0 saturated heterocycles. The van der Waals surface area contributed by atoms with Crippen LogP contribution >= 0.6 is 11.6 Å². The van der Waals surface area contributed by atoms with E-state index in [1.807, 2.05) is 13.0 Å².